The van der Waals surface area contributed by atoms with Crippen molar-refractivity contribution in [2.24, 2.45) is 5.73 Å². The summed E-state index contributed by atoms with van der Waals surface area (Å²) >= 11 is 0. The van der Waals surface area contributed by atoms with E-state index in [0.29, 0.717) is 17.7 Å². The number of ether oxygens (including phenoxy) is 1. The highest BCUT2D eigenvalue weighted by Crippen LogP contribution is 2.29. The van der Waals surface area contributed by atoms with E-state index < -0.39 is 30.1 Å². The van der Waals surface area contributed by atoms with Gasteiger partial charge in [0, 0.05) is 6.54 Å². The SMILES string of the molecule is COC(=O)CCN(CC(F)(F)F)C(=O)C1(N)CCCCC1. The summed E-state index contributed by atoms with van der Waals surface area (Å²) in [4.78, 5) is 24.1. The fourth-order valence-corrected chi connectivity index (χ4v) is 2.51. The van der Waals surface area contributed by atoms with Crippen LogP contribution in [0.5, 0.6) is 0 Å². The van der Waals surface area contributed by atoms with Crippen LogP contribution in [0.25, 0.3) is 0 Å². The Balaban J connectivity index is 2.78. The van der Waals surface area contributed by atoms with E-state index in [1.807, 2.05) is 0 Å². The van der Waals surface area contributed by atoms with Crippen molar-refractivity contribution in [2.45, 2.75) is 50.2 Å². The second-order valence-electron chi connectivity index (χ2n) is 5.38. The largest absolute Gasteiger partial charge is 0.469 e. The quantitative estimate of drug-likeness (QED) is 0.783. The Kier molecular flexibility index (Phi) is 6.00. The van der Waals surface area contributed by atoms with E-state index in [2.05, 4.69) is 4.74 Å². The smallest absolute Gasteiger partial charge is 0.406 e. The molecule has 1 saturated carbocycles. The van der Waals surface area contributed by atoms with Crippen LogP contribution in [0.15, 0.2) is 0 Å². The van der Waals surface area contributed by atoms with Gasteiger partial charge < -0.3 is 15.4 Å². The zero-order valence-corrected chi connectivity index (χ0v) is 12.0. The molecule has 0 unspecified atom stereocenters. The summed E-state index contributed by atoms with van der Waals surface area (Å²) in [6.45, 7) is -1.74. The summed E-state index contributed by atoms with van der Waals surface area (Å²) in [5.41, 5.74) is 4.74. The van der Waals surface area contributed by atoms with E-state index in [-0.39, 0.29) is 13.0 Å². The number of nitrogens with zero attached hydrogens (tertiary/aromatic N) is 1. The summed E-state index contributed by atoms with van der Waals surface area (Å²) in [6, 6.07) is 0. The topological polar surface area (TPSA) is 72.6 Å². The Morgan fingerprint density at radius 2 is 1.81 bits per heavy atom. The monoisotopic (exact) mass is 310 g/mol. The summed E-state index contributed by atoms with van der Waals surface area (Å²) in [6.07, 6.45) is -1.70. The van der Waals surface area contributed by atoms with Gasteiger partial charge in [0.05, 0.1) is 19.1 Å². The number of esters is 1. The second kappa shape index (κ2) is 7.11. The highest BCUT2D eigenvalue weighted by atomic mass is 19.4. The first-order chi connectivity index (χ1) is 9.68. The number of hydrogen-bond donors (Lipinski definition) is 1. The van der Waals surface area contributed by atoms with E-state index in [4.69, 9.17) is 5.73 Å². The van der Waals surface area contributed by atoms with Crippen LogP contribution < -0.4 is 5.73 Å². The number of alkyl halides is 3. The molecular weight excluding hydrogens is 289 g/mol. The highest BCUT2D eigenvalue weighted by molar-refractivity contribution is 5.86. The first-order valence-corrected chi connectivity index (χ1v) is 6.90. The Morgan fingerprint density at radius 3 is 2.29 bits per heavy atom. The Hall–Kier alpha value is -1.31. The molecule has 2 N–H and O–H groups in total. The van der Waals surface area contributed by atoms with Crippen LogP contribution in [-0.4, -0.2) is 48.7 Å². The van der Waals surface area contributed by atoms with Gasteiger partial charge in [-0.25, -0.2) is 0 Å². The molecule has 1 fully saturated rings. The maximum absolute atomic E-state index is 12.6. The molecule has 0 spiro atoms. The standard InChI is InChI=1S/C13H21F3N2O3/c1-21-10(19)5-8-18(9-13(14,15)16)11(20)12(17)6-3-2-4-7-12/h2-9,17H2,1H3. The number of amides is 1. The average molecular weight is 310 g/mol. The van der Waals surface area contributed by atoms with Crippen LogP contribution in [0.4, 0.5) is 13.2 Å². The summed E-state index contributed by atoms with van der Waals surface area (Å²) in [5.74, 6) is -1.40. The Bertz CT molecular complexity index is 379. The number of carbonyl (C=O) groups is 2. The van der Waals surface area contributed by atoms with Gasteiger partial charge in [0.2, 0.25) is 5.91 Å². The predicted molar refractivity (Wildman–Crippen MR) is 69.3 cm³/mol. The third kappa shape index (κ3) is 5.53. The van der Waals surface area contributed by atoms with E-state index in [1.165, 1.54) is 0 Å². The molecule has 1 aliphatic carbocycles. The van der Waals surface area contributed by atoms with Gasteiger partial charge in [-0.1, -0.05) is 19.3 Å². The number of halogens is 3. The summed E-state index contributed by atoms with van der Waals surface area (Å²) in [7, 11) is 1.14. The van der Waals surface area contributed by atoms with E-state index >= 15 is 0 Å². The van der Waals surface area contributed by atoms with Gasteiger partial charge in [0.15, 0.2) is 0 Å². The minimum atomic E-state index is -4.53. The zero-order chi connectivity index (χ0) is 16.1. The van der Waals surface area contributed by atoms with Crippen LogP contribution in [-0.2, 0) is 14.3 Å². The maximum Gasteiger partial charge on any atom is 0.406 e. The van der Waals surface area contributed by atoms with Gasteiger partial charge in [-0.15, -0.1) is 0 Å². The number of carbonyl (C=O) groups excluding carboxylic acids is 2. The first-order valence-electron chi connectivity index (χ1n) is 6.90. The third-order valence-electron chi connectivity index (χ3n) is 3.64. The molecule has 1 rings (SSSR count). The van der Waals surface area contributed by atoms with Crippen molar-refractivity contribution in [3.05, 3.63) is 0 Å². The minimum absolute atomic E-state index is 0.283. The molecule has 0 atom stereocenters. The van der Waals surface area contributed by atoms with Gasteiger partial charge in [-0.3, -0.25) is 9.59 Å². The lowest BCUT2D eigenvalue weighted by molar-refractivity contribution is -0.166. The molecule has 0 aromatic carbocycles. The van der Waals surface area contributed by atoms with E-state index in [9.17, 15) is 22.8 Å². The van der Waals surface area contributed by atoms with Crippen molar-refractivity contribution in [3.8, 4) is 0 Å². The number of nitrogens with two attached hydrogens (primary N) is 1. The van der Waals surface area contributed by atoms with Gasteiger partial charge in [0.1, 0.15) is 6.54 Å². The first kappa shape index (κ1) is 17.7. The average Bonchev–Trinajstić information content (AvgIpc) is 2.41. The Morgan fingerprint density at radius 1 is 1.24 bits per heavy atom. The molecular formula is C13H21F3N2O3. The lowest BCUT2D eigenvalue weighted by atomic mass is 9.81. The molecule has 0 aromatic rings. The van der Waals surface area contributed by atoms with Crippen LogP contribution in [0, 0.1) is 0 Å². The van der Waals surface area contributed by atoms with Gasteiger partial charge in [-0.05, 0) is 12.8 Å². The molecule has 0 aromatic heterocycles. The second-order valence-corrected chi connectivity index (χ2v) is 5.38. The van der Waals surface area contributed by atoms with Crippen LogP contribution in [0.3, 0.4) is 0 Å². The fraction of sp³-hybridized carbons (Fsp3) is 0.846. The molecule has 5 nitrogen and oxygen atoms in total. The lowest BCUT2D eigenvalue weighted by Crippen LogP contribution is -2.58. The van der Waals surface area contributed by atoms with E-state index in [0.717, 1.165) is 26.4 Å². The molecule has 0 aliphatic heterocycles. The summed E-state index contributed by atoms with van der Waals surface area (Å²) < 4.78 is 42.2. The van der Waals surface area contributed by atoms with Crippen molar-refractivity contribution >= 4 is 11.9 Å². The van der Waals surface area contributed by atoms with Gasteiger partial charge in [0.25, 0.3) is 0 Å². The molecule has 1 aliphatic rings. The van der Waals surface area contributed by atoms with Crippen molar-refractivity contribution in [1.29, 1.82) is 0 Å². The van der Waals surface area contributed by atoms with Crippen LogP contribution in [0.1, 0.15) is 38.5 Å². The molecule has 8 heteroatoms. The molecule has 0 radical (unpaired) electrons. The minimum Gasteiger partial charge on any atom is -0.469 e. The molecule has 21 heavy (non-hydrogen) atoms. The predicted octanol–water partition coefficient (Wildman–Crippen LogP) is 1.60. The maximum atomic E-state index is 12.6. The van der Waals surface area contributed by atoms with Crippen molar-refractivity contribution in [2.75, 3.05) is 20.2 Å². The number of methoxy groups -OCH3 is 1. The van der Waals surface area contributed by atoms with Crippen molar-refractivity contribution in [1.82, 2.24) is 4.90 Å². The van der Waals surface area contributed by atoms with Crippen molar-refractivity contribution < 1.29 is 27.5 Å². The number of hydrogen-bond acceptors (Lipinski definition) is 4. The van der Waals surface area contributed by atoms with E-state index in [1.54, 1.807) is 0 Å². The normalized spacial score (nSPS) is 18.1. The fourth-order valence-electron chi connectivity index (χ4n) is 2.51. The Labute approximate surface area is 121 Å². The highest BCUT2D eigenvalue weighted by Gasteiger charge is 2.42. The van der Waals surface area contributed by atoms with Gasteiger partial charge in [-0.2, -0.15) is 13.2 Å². The molecule has 0 bridgehead atoms. The molecule has 0 saturated heterocycles. The molecule has 122 valence electrons. The number of rotatable bonds is 5. The lowest BCUT2D eigenvalue weighted by Gasteiger charge is -2.37. The zero-order valence-electron chi connectivity index (χ0n) is 12.0. The molecule has 1 amide bonds. The molecule has 0 heterocycles. The van der Waals surface area contributed by atoms with Crippen LogP contribution in [0.2, 0.25) is 0 Å². The third-order valence-corrected chi connectivity index (χ3v) is 3.64. The summed E-state index contributed by atoms with van der Waals surface area (Å²) in [5, 5.41) is 0. The van der Waals surface area contributed by atoms with Crippen LogP contribution >= 0.6 is 0 Å². The van der Waals surface area contributed by atoms with Crippen molar-refractivity contribution in [3.63, 3.8) is 0 Å². The van der Waals surface area contributed by atoms with Gasteiger partial charge >= 0.3 is 12.1 Å².